The number of nitrogens with zero attached hydrogens (tertiary/aromatic N) is 2. The van der Waals surface area contributed by atoms with E-state index in [1.807, 2.05) is 54.6 Å². The van der Waals surface area contributed by atoms with Crippen molar-refractivity contribution in [2.75, 3.05) is 0 Å². The summed E-state index contributed by atoms with van der Waals surface area (Å²) in [4.78, 5) is 0. The van der Waals surface area contributed by atoms with Crippen LogP contribution in [-0.2, 0) is 6.42 Å². The van der Waals surface area contributed by atoms with Crippen molar-refractivity contribution >= 4 is 34.5 Å². The first-order valence-corrected chi connectivity index (χ1v) is 8.11. The molecule has 2 aromatic carbocycles. The lowest BCUT2D eigenvalue weighted by Crippen LogP contribution is -1.91. The van der Waals surface area contributed by atoms with Gasteiger partial charge in [-0.2, -0.15) is 0 Å². The van der Waals surface area contributed by atoms with Crippen LogP contribution in [0, 0.1) is 0 Å². The summed E-state index contributed by atoms with van der Waals surface area (Å²) in [6.07, 6.45) is 0.743. The summed E-state index contributed by atoms with van der Waals surface area (Å²) >= 11 is 13.9. The summed E-state index contributed by atoms with van der Waals surface area (Å²) in [6, 6.07) is 17.7. The highest BCUT2D eigenvalue weighted by molar-refractivity contribution is 7.11. The summed E-state index contributed by atoms with van der Waals surface area (Å²) < 4.78 is 0. The van der Waals surface area contributed by atoms with Crippen molar-refractivity contribution in [3.8, 4) is 0 Å². The SMILES string of the molecule is Clc1ccc(Cc2nnc(C(Cl)c3ccccc3)s2)cc1. The fraction of sp³-hybridized carbons (Fsp3) is 0.125. The normalized spacial score (nSPS) is 12.3. The summed E-state index contributed by atoms with van der Waals surface area (Å²) in [5, 5.41) is 10.7. The predicted octanol–water partition coefficient (Wildman–Crippen LogP) is 5.11. The molecule has 0 N–H and O–H groups in total. The molecule has 0 aliphatic rings. The minimum atomic E-state index is -0.248. The number of rotatable bonds is 4. The van der Waals surface area contributed by atoms with Gasteiger partial charge in [-0.1, -0.05) is 65.4 Å². The Labute approximate surface area is 137 Å². The fourth-order valence-electron chi connectivity index (χ4n) is 1.98. The third-order valence-electron chi connectivity index (χ3n) is 3.06. The van der Waals surface area contributed by atoms with Crippen molar-refractivity contribution in [1.29, 1.82) is 0 Å². The molecule has 106 valence electrons. The first kappa shape index (κ1) is 14.5. The zero-order chi connectivity index (χ0) is 14.7. The maximum Gasteiger partial charge on any atom is 0.139 e. The lowest BCUT2D eigenvalue weighted by molar-refractivity contribution is 0.947. The quantitative estimate of drug-likeness (QED) is 0.619. The van der Waals surface area contributed by atoms with Crippen LogP contribution in [-0.4, -0.2) is 10.2 Å². The first-order chi connectivity index (χ1) is 10.2. The number of aromatic nitrogens is 2. The zero-order valence-electron chi connectivity index (χ0n) is 11.0. The summed E-state index contributed by atoms with van der Waals surface area (Å²) in [6.45, 7) is 0. The first-order valence-electron chi connectivity index (χ1n) is 6.48. The van der Waals surface area contributed by atoms with Gasteiger partial charge in [0.2, 0.25) is 0 Å². The van der Waals surface area contributed by atoms with Crippen LogP contribution >= 0.6 is 34.5 Å². The summed E-state index contributed by atoms with van der Waals surface area (Å²) in [7, 11) is 0. The predicted molar refractivity (Wildman–Crippen MR) is 88.3 cm³/mol. The summed E-state index contributed by atoms with van der Waals surface area (Å²) in [5.74, 6) is 0. The van der Waals surface area contributed by atoms with Crippen LogP contribution in [0.25, 0.3) is 0 Å². The number of hydrogen-bond acceptors (Lipinski definition) is 3. The third kappa shape index (κ3) is 3.62. The van der Waals surface area contributed by atoms with Crippen LogP contribution in [0.1, 0.15) is 26.5 Å². The van der Waals surface area contributed by atoms with Crippen LogP contribution in [0.3, 0.4) is 0 Å². The number of alkyl halides is 1. The monoisotopic (exact) mass is 334 g/mol. The average Bonchev–Trinajstić information content (AvgIpc) is 2.98. The molecule has 0 radical (unpaired) electrons. The van der Waals surface area contributed by atoms with Gasteiger partial charge in [0, 0.05) is 11.4 Å². The van der Waals surface area contributed by atoms with E-state index in [-0.39, 0.29) is 5.38 Å². The Morgan fingerprint density at radius 1 is 0.952 bits per heavy atom. The molecule has 0 aliphatic carbocycles. The van der Waals surface area contributed by atoms with E-state index < -0.39 is 0 Å². The lowest BCUT2D eigenvalue weighted by Gasteiger charge is -2.04. The molecule has 0 spiro atoms. The summed E-state index contributed by atoms with van der Waals surface area (Å²) in [5.41, 5.74) is 2.20. The molecule has 2 nitrogen and oxygen atoms in total. The Morgan fingerprint density at radius 3 is 2.38 bits per heavy atom. The van der Waals surface area contributed by atoms with Gasteiger partial charge >= 0.3 is 0 Å². The van der Waals surface area contributed by atoms with E-state index in [1.165, 1.54) is 0 Å². The van der Waals surface area contributed by atoms with Gasteiger partial charge in [-0.25, -0.2) is 0 Å². The topological polar surface area (TPSA) is 25.8 Å². The third-order valence-corrected chi connectivity index (χ3v) is 4.89. The molecule has 0 saturated heterocycles. The van der Waals surface area contributed by atoms with E-state index in [1.54, 1.807) is 11.3 Å². The number of benzene rings is 2. The van der Waals surface area contributed by atoms with E-state index in [0.29, 0.717) is 0 Å². The second-order valence-corrected chi connectivity index (χ2v) is 6.58. The Morgan fingerprint density at radius 2 is 1.67 bits per heavy atom. The van der Waals surface area contributed by atoms with Crippen LogP contribution in [0.4, 0.5) is 0 Å². The van der Waals surface area contributed by atoms with Crippen molar-refractivity contribution in [2.45, 2.75) is 11.8 Å². The maximum absolute atomic E-state index is 6.46. The number of hydrogen-bond donors (Lipinski definition) is 0. The Bertz CT molecular complexity index is 711. The van der Waals surface area contributed by atoms with Crippen molar-refractivity contribution in [3.63, 3.8) is 0 Å². The van der Waals surface area contributed by atoms with Gasteiger partial charge < -0.3 is 0 Å². The minimum Gasteiger partial charge on any atom is -0.143 e. The second kappa shape index (κ2) is 6.56. The van der Waals surface area contributed by atoms with E-state index in [2.05, 4.69) is 10.2 Å². The molecule has 0 bridgehead atoms. The fourth-order valence-corrected chi connectivity index (χ4v) is 3.31. The molecular formula is C16H12Cl2N2S. The highest BCUT2D eigenvalue weighted by Crippen LogP contribution is 2.31. The van der Waals surface area contributed by atoms with E-state index in [9.17, 15) is 0 Å². The molecule has 3 rings (SSSR count). The number of halogens is 2. The van der Waals surface area contributed by atoms with Gasteiger partial charge in [0.25, 0.3) is 0 Å². The highest BCUT2D eigenvalue weighted by Gasteiger charge is 2.16. The molecule has 0 amide bonds. The van der Waals surface area contributed by atoms with Gasteiger partial charge in [-0.15, -0.1) is 21.8 Å². The lowest BCUT2D eigenvalue weighted by atomic mass is 10.1. The average molecular weight is 335 g/mol. The van der Waals surface area contributed by atoms with Crippen molar-refractivity contribution in [1.82, 2.24) is 10.2 Å². The van der Waals surface area contributed by atoms with Crippen LogP contribution < -0.4 is 0 Å². The molecule has 1 aromatic heterocycles. The molecule has 21 heavy (non-hydrogen) atoms. The smallest absolute Gasteiger partial charge is 0.139 e. The largest absolute Gasteiger partial charge is 0.143 e. The van der Waals surface area contributed by atoms with Crippen molar-refractivity contribution < 1.29 is 0 Å². The minimum absolute atomic E-state index is 0.248. The standard InChI is InChI=1S/C16H12Cl2N2S/c17-13-8-6-11(7-9-13)10-14-19-20-16(21-14)15(18)12-4-2-1-3-5-12/h1-9,15H,10H2. The molecule has 1 atom stereocenters. The molecule has 1 heterocycles. The van der Waals surface area contributed by atoms with Gasteiger partial charge in [0.05, 0.1) is 0 Å². The maximum atomic E-state index is 6.46. The molecule has 0 saturated carbocycles. The van der Waals surface area contributed by atoms with Crippen LogP contribution in [0.15, 0.2) is 54.6 Å². The van der Waals surface area contributed by atoms with Crippen LogP contribution in [0.2, 0.25) is 5.02 Å². The van der Waals surface area contributed by atoms with Gasteiger partial charge in [0.1, 0.15) is 15.4 Å². The Hall–Kier alpha value is -1.42. The van der Waals surface area contributed by atoms with E-state index >= 15 is 0 Å². The van der Waals surface area contributed by atoms with Crippen LogP contribution in [0.5, 0.6) is 0 Å². The molecule has 0 aliphatic heterocycles. The molecule has 0 fully saturated rings. The zero-order valence-corrected chi connectivity index (χ0v) is 13.4. The molecule has 5 heteroatoms. The van der Waals surface area contributed by atoms with Crippen molar-refractivity contribution in [2.24, 2.45) is 0 Å². The van der Waals surface area contributed by atoms with Gasteiger partial charge in [-0.05, 0) is 23.3 Å². The van der Waals surface area contributed by atoms with E-state index in [4.69, 9.17) is 23.2 Å². The van der Waals surface area contributed by atoms with Gasteiger partial charge in [-0.3, -0.25) is 0 Å². The Kier molecular flexibility index (Phi) is 4.54. The van der Waals surface area contributed by atoms with Gasteiger partial charge in [0.15, 0.2) is 0 Å². The Balaban J connectivity index is 1.75. The van der Waals surface area contributed by atoms with Crippen molar-refractivity contribution in [3.05, 3.63) is 80.8 Å². The second-order valence-electron chi connectivity index (χ2n) is 4.61. The van der Waals surface area contributed by atoms with E-state index in [0.717, 1.165) is 32.6 Å². The molecule has 1 unspecified atom stereocenters. The molecule has 3 aromatic rings. The highest BCUT2D eigenvalue weighted by atomic mass is 35.5. The molecular weight excluding hydrogens is 323 g/mol.